The molecule has 0 atom stereocenters. The summed E-state index contributed by atoms with van der Waals surface area (Å²) in [5.41, 5.74) is 0.517. The number of rotatable bonds is 6. The van der Waals surface area contributed by atoms with Crippen molar-refractivity contribution >= 4 is 35.1 Å². The Balaban J connectivity index is 2.10. The van der Waals surface area contributed by atoms with Gasteiger partial charge in [-0.05, 0) is 37.0 Å². The van der Waals surface area contributed by atoms with E-state index in [0.29, 0.717) is 17.5 Å². The molecule has 7 heteroatoms. The van der Waals surface area contributed by atoms with Crippen molar-refractivity contribution in [1.82, 2.24) is 5.32 Å². The van der Waals surface area contributed by atoms with Crippen molar-refractivity contribution in [2.45, 2.75) is 12.8 Å². The lowest BCUT2D eigenvalue weighted by atomic mass is 10.1. The van der Waals surface area contributed by atoms with Crippen LogP contribution in [0.1, 0.15) is 23.2 Å². The quantitative estimate of drug-likeness (QED) is 0.698. The van der Waals surface area contributed by atoms with Gasteiger partial charge in [0.25, 0.3) is 5.91 Å². The molecular weight excluding hydrogens is 308 g/mol. The molecule has 1 aromatic rings. The van der Waals surface area contributed by atoms with E-state index in [1.54, 1.807) is 0 Å². The number of carboxylic acid groups (broad SMARTS) is 1. The van der Waals surface area contributed by atoms with E-state index in [9.17, 15) is 14.4 Å². The lowest BCUT2D eigenvalue weighted by molar-refractivity contribution is -0.131. The summed E-state index contributed by atoms with van der Waals surface area (Å²) in [7, 11) is 0. The van der Waals surface area contributed by atoms with Crippen LogP contribution in [0.2, 0.25) is 5.02 Å². The van der Waals surface area contributed by atoms with Crippen molar-refractivity contribution in [1.29, 1.82) is 0 Å². The molecule has 1 saturated carbocycles. The molecular formula is C15H15ClN2O4. The van der Waals surface area contributed by atoms with E-state index >= 15 is 0 Å². The zero-order chi connectivity index (χ0) is 16.1. The van der Waals surface area contributed by atoms with Gasteiger partial charge in [0.1, 0.15) is 0 Å². The molecule has 1 fully saturated rings. The highest BCUT2D eigenvalue weighted by atomic mass is 35.5. The van der Waals surface area contributed by atoms with Crippen LogP contribution in [-0.4, -0.2) is 29.4 Å². The minimum absolute atomic E-state index is 0.241. The van der Waals surface area contributed by atoms with Crippen LogP contribution in [0.25, 0.3) is 0 Å². The number of aliphatic carboxylic acids is 1. The first-order valence-electron chi connectivity index (χ1n) is 6.75. The number of benzene rings is 1. The Hall–Kier alpha value is -2.34. The molecule has 0 aliphatic heterocycles. The van der Waals surface area contributed by atoms with Gasteiger partial charge in [0.05, 0.1) is 11.3 Å². The summed E-state index contributed by atoms with van der Waals surface area (Å²) in [6.45, 7) is 0.595. The highest BCUT2D eigenvalue weighted by Gasteiger charge is 2.22. The lowest BCUT2D eigenvalue weighted by Gasteiger charge is -2.11. The van der Waals surface area contributed by atoms with Gasteiger partial charge in [-0.25, -0.2) is 4.79 Å². The molecule has 0 aromatic heterocycles. The summed E-state index contributed by atoms with van der Waals surface area (Å²) in [5.74, 6) is -1.67. The second-order valence-electron chi connectivity index (χ2n) is 5.00. The fourth-order valence-electron chi connectivity index (χ4n) is 1.79. The molecule has 0 bridgehead atoms. The summed E-state index contributed by atoms with van der Waals surface area (Å²) in [4.78, 5) is 34.2. The van der Waals surface area contributed by atoms with Gasteiger partial charge in [-0.15, -0.1) is 0 Å². The first-order chi connectivity index (χ1) is 10.5. The standard InChI is InChI=1S/C15H15ClN2O4/c16-10-3-4-12(18-13(19)5-6-14(20)21)11(7-10)15(22)17-8-9-1-2-9/h3-7,9H,1-2,8H2,(H,17,22)(H,18,19)(H,20,21)/b6-5-. The molecule has 22 heavy (non-hydrogen) atoms. The van der Waals surface area contributed by atoms with Crippen LogP contribution in [0.3, 0.4) is 0 Å². The van der Waals surface area contributed by atoms with Crippen LogP contribution < -0.4 is 10.6 Å². The largest absolute Gasteiger partial charge is 0.478 e. The van der Waals surface area contributed by atoms with Crippen molar-refractivity contribution in [2.24, 2.45) is 5.92 Å². The maximum atomic E-state index is 12.2. The van der Waals surface area contributed by atoms with Crippen LogP contribution in [0.4, 0.5) is 5.69 Å². The van der Waals surface area contributed by atoms with Crippen molar-refractivity contribution in [3.63, 3.8) is 0 Å². The van der Waals surface area contributed by atoms with E-state index in [0.717, 1.165) is 25.0 Å². The Morgan fingerprint density at radius 2 is 2.00 bits per heavy atom. The molecule has 0 unspecified atom stereocenters. The SMILES string of the molecule is O=C(O)/C=C\C(=O)Nc1ccc(Cl)cc1C(=O)NCC1CC1. The predicted octanol–water partition coefficient (Wildman–Crippen LogP) is 2.06. The molecule has 0 radical (unpaired) electrons. The first-order valence-corrected chi connectivity index (χ1v) is 7.13. The number of carboxylic acids is 1. The van der Waals surface area contributed by atoms with Gasteiger partial charge >= 0.3 is 5.97 Å². The lowest BCUT2D eigenvalue weighted by Crippen LogP contribution is -2.27. The molecule has 1 aliphatic rings. The van der Waals surface area contributed by atoms with Crippen molar-refractivity contribution in [3.05, 3.63) is 40.9 Å². The Kier molecular flexibility index (Phi) is 5.16. The number of hydrogen-bond acceptors (Lipinski definition) is 3. The predicted molar refractivity (Wildman–Crippen MR) is 81.9 cm³/mol. The van der Waals surface area contributed by atoms with Gasteiger partial charge in [0.2, 0.25) is 5.91 Å². The maximum Gasteiger partial charge on any atom is 0.328 e. The van der Waals surface area contributed by atoms with Crippen LogP contribution in [-0.2, 0) is 9.59 Å². The summed E-state index contributed by atoms with van der Waals surface area (Å²) >= 11 is 5.89. The molecule has 2 rings (SSSR count). The average Bonchev–Trinajstić information content (AvgIpc) is 3.28. The molecule has 6 nitrogen and oxygen atoms in total. The van der Waals surface area contributed by atoms with E-state index in [1.165, 1.54) is 18.2 Å². The number of anilines is 1. The van der Waals surface area contributed by atoms with E-state index in [2.05, 4.69) is 10.6 Å². The van der Waals surface area contributed by atoms with Crippen molar-refractivity contribution in [3.8, 4) is 0 Å². The zero-order valence-corrected chi connectivity index (χ0v) is 12.4. The van der Waals surface area contributed by atoms with Gasteiger partial charge in [0, 0.05) is 23.7 Å². The smallest absolute Gasteiger partial charge is 0.328 e. The van der Waals surface area contributed by atoms with E-state index < -0.39 is 11.9 Å². The Morgan fingerprint density at radius 1 is 1.27 bits per heavy atom. The molecule has 1 aromatic carbocycles. The average molecular weight is 323 g/mol. The number of carbonyl (C=O) groups is 3. The molecule has 0 saturated heterocycles. The van der Waals surface area contributed by atoms with Gasteiger partial charge in [0.15, 0.2) is 0 Å². The van der Waals surface area contributed by atoms with E-state index in [1.807, 2.05) is 0 Å². The maximum absolute atomic E-state index is 12.2. The molecule has 0 spiro atoms. The van der Waals surface area contributed by atoms with Crippen LogP contribution in [0.15, 0.2) is 30.4 Å². The summed E-state index contributed by atoms with van der Waals surface area (Å²) in [6, 6.07) is 4.50. The number of amides is 2. The van der Waals surface area contributed by atoms with Gasteiger partial charge in [-0.1, -0.05) is 11.6 Å². The van der Waals surface area contributed by atoms with Gasteiger partial charge in [-0.2, -0.15) is 0 Å². The number of carbonyl (C=O) groups excluding carboxylic acids is 2. The third-order valence-corrected chi connectivity index (χ3v) is 3.34. The van der Waals surface area contributed by atoms with E-state index in [-0.39, 0.29) is 17.2 Å². The second-order valence-corrected chi connectivity index (χ2v) is 5.44. The zero-order valence-electron chi connectivity index (χ0n) is 11.6. The molecule has 1 aliphatic carbocycles. The number of halogens is 1. The van der Waals surface area contributed by atoms with Gasteiger partial charge in [-0.3, -0.25) is 9.59 Å². The molecule has 2 amide bonds. The van der Waals surface area contributed by atoms with Crippen LogP contribution in [0, 0.1) is 5.92 Å². The van der Waals surface area contributed by atoms with Crippen molar-refractivity contribution < 1.29 is 19.5 Å². The second kappa shape index (κ2) is 7.09. The third kappa shape index (κ3) is 4.89. The normalized spacial score (nSPS) is 13.9. The van der Waals surface area contributed by atoms with Gasteiger partial charge < -0.3 is 15.7 Å². The molecule has 116 valence electrons. The van der Waals surface area contributed by atoms with Crippen LogP contribution in [0.5, 0.6) is 0 Å². The number of nitrogens with one attached hydrogen (secondary N) is 2. The highest BCUT2D eigenvalue weighted by Crippen LogP contribution is 2.28. The fourth-order valence-corrected chi connectivity index (χ4v) is 1.96. The minimum Gasteiger partial charge on any atom is -0.478 e. The van der Waals surface area contributed by atoms with Crippen LogP contribution >= 0.6 is 11.6 Å². The summed E-state index contributed by atoms with van der Waals surface area (Å²) < 4.78 is 0. The van der Waals surface area contributed by atoms with E-state index in [4.69, 9.17) is 16.7 Å². The monoisotopic (exact) mass is 322 g/mol. The minimum atomic E-state index is -1.23. The Bertz CT molecular complexity index is 638. The Labute approximate surface area is 132 Å². The Morgan fingerprint density at radius 3 is 2.64 bits per heavy atom. The molecule has 0 heterocycles. The molecule has 3 N–H and O–H groups in total. The fraction of sp³-hybridized carbons (Fsp3) is 0.267. The number of hydrogen-bond donors (Lipinski definition) is 3. The first kappa shape index (κ1) is 16.0. The highest BCUT2D eigenvalue weighted by molar-refractivity contribution is 6.31. The topological polar surface area (TPSA) is 95.5 Å². The van der Waals surface area contributed by atoms with Crippen molar-refractivity contribution in [2.75, 3.05) is 11.9 Å². The summed E-state index contributed by atoms with van der Waals surface area (Å²) in [6.07, 6.45) is 3.82. The third-order valence-electron chi connectivity index (χ3n) is 3.11. The summed E-state index contributed by atoms with van der Waals surface area (Å²) in [5, 5.41) is 14.1.